The fourth-order valence-corrected chi connectivity index (χ4v) is 3.78. The Labute approximate surface area is 128 Å². The van der Waals surface area contributed by atoms with Crippen molar-refractivity contribution in [3.8, 4) is 0 Å². The molecular weight excluding hydrogens is 326 g/mol. The maximum absolute atomic E-state index is 6.03. The lowest BCUT2D eigenvalue weighted by Gasteiger charge is -2.43. The minimum absolute atomic E-state index is 0.246. The summed E-state index contributed by atoms with van der Waals surface area (Å²) in [6.07, 6.45) is 0. The van der Waals surface area contributed by atoms with Crippen LogP contribution in [-0.2, 0) is 0 Å². The summed E-state index contributed by atoms with van der Waals surface area (Å²) in [5, 5.41) is 0.748. The van der Waals surface area contributed by atoms with Crippen molar-refractivity contribution in [2.75, 3.05) is 33.2 Å². The van der Waals surface area contributed by atoms with Gasteiger partial charge in [-0.3, -0.25) is 4.90 Å². The molecule has 19 heavy (non-hydrogen) atoms. The molecule has 0 spiro atoms. The molecule has 1 heterocycles. The van der Waals surface area contributed by atoms with E-state index in [2.05, 4.69) is 45.8 Å². The SMILES string of the molecule is CC1CN(C)CCN1C(CN)c1ccc(Cl)cc1Br. The van der Waals surface area contributed by atoms with Crippen molar-refractivity contribution in [2.45, 2.75) is 19.0 Å². The quantitative estimate of drug-likeness (QED) is 0.913. The van der Waals surface area contributed by atoms with E-state index in [-0.39, 0.29) is 6.04 Å². The Morgan fingerprint density at radius 3 is 2.79 bits per heavy atom. The van der Waals surface area contributed by atoms with E-state index in [4.69, 9.17) is 17.3 Å². The summed E-state index contributed by atoms with van der Waals surface area (Å²) < 4.78 is 1.04. The summed E-state index contributed by atoms with van der Waals surface area (Å²) in [4.78, 5) is 4.86. The van der Waals surface area contributed by atoms with E-state index in [1.165, 1.54) is 5.56 Å². The number of hydrogen-bond donors (Lipinski definition) is 1. The first-order chi connectivity index (χ1) is 9.02. The first-order valence-electron chi connectivity index (χ1n) is 6.62. The number of halogens is 2. The predicted octanol–water partition coefficient (Wildman–Crippen LogP) is 2.74. The van der Waals surface area contributed by atoms with Crippen molar-refractivity contribution in [2.24, 2.45) is 5.73 Å². The fourth-order valence-electron chi connectivity index (χ4n) is 2.83. The van der Waals surface area contributed by atoms with E-state index >= 15 is 0 Å². The smallest absolute Gasteiger partial charge is 0.0485 e. The lowest BCUT2D eigenvalue weighted by Crippen LogP contribution is -2.52. The third-order valence-electron chi connectivity index (χ3n) is 3.83. The lowest BCUT2D eigenvalue weighted by molar-refractivity contribution is 0.0633. The topological polar surface area (TPSA) is 32.5 Å². The molecule has 0 aliphatic carbocycles. The number of benzene rings is 1. The van der Waals surface area contributed by atoms with Crippen LogP contribution >= 0.6 is 27.5 Å². The molecule has 1 aromatic rings. The number of piperazine rings is 1. The number of hydrogen-bond acceptors (Lipinski definition) is 3. The van der Waals surface area contributed by atoms with Crippen molar-refractivity contribution in [1.29, 1.82) is 0 Å². The van der Waals surface area contributed by atoms with Gasteiger partial charge in [-0.25, -0.2) is 0 Å². The molecule has 2 N–H and O–H groups in total. The van der Waals surface area contributed by atoms with Crippen LogP contribution < -0.4 is 5.73 Å². The van der Waals surface area contributed by atoms with Crippen LogP contribution in [0.15, 0.2) is 22.7 Å². The standard InChI is InChI=1S/C14H21BrClN3/c1-10-9-18(2)5-6-19(10)14(8-17)12-4-3-11(16)7-13(12)15/h3-4,7,10,14H,5-6,8-9,17H2,1-2H3. The summed E-state index contributed by atoms with van der Waals surface area (Å²) in [5.41, 5.74) is 7.26. The van der Waals surface area contributed by atoms with Crippen LogP contribution in [0, 0.1) is 0 Å². The Bertz CT molecular complexity index is 441. The fraction of sp³-hybridized carbons (Fsp3) is 0.571. The van der Waals surface area contributed by atoms with Gasteiger partial charge in [-0.15, -0.1) is 0 Å². The van der Waals surface area contributed by atoms with E-state index in [1.807, 2.05) is 12.1 Å². The van der Waals surface area contributed by atoms with Gasteiger partial charge in [0.25, 0.3) is 0 Å². The average molecular weight is 347 g/mol. The molecule has 1 aromatic carbocycles. The zero-order chi connectivity index (χ0) is 14.0. The highest BCUT2D eigenvalue weighted by molar-refractivity contribution is 9.10. The molecule has 3 nitrogen and oxygen atoms in total. The molecule has 1 aliphatic rings. The van der Waals surface area contributed by atoms with Crippen LogP contribution in [0.25, 0.3) is 0 Å². The second kappa shape index (κ2) is 6.55. The highest BCUT2D eigenvalue weighted by atomic mass is 79.9. The second-order valence-corrected chi connectivity index (χ2v) is 6.56. The molecule has 2 rings (SSSR count). The van der Waals surface area contributed by atoms with Gasteiger partial charge in [0.05, 0.1) is 0 Å². The number of nitrogens with two attached hydrogens (primary N) is 1. The monoisotopic (exact) mass is 345 g/mol. The van der Waals surface area contributed by atoms with Gasteiger partial charge in [0.1, 0.15) is 0 Å². The van der Waals surface area contributed by atoms with Gasteiger partial charge in [0, 0.05) is 47.8 Å². The maximum Gasteiger partial charge on any atom is 0.0485 e. The molecule has 0 saturated carbocycles. The van der Waals surface area contributed by atoms with Crippen LogP contribution in [0.3, 0.4) is 0 Å². The van der Waals surface area contributed by atoms with Crippen LogP contribution in [0.5, 0.6) is 0 Å². The molecule has 0 amide bonds. The average Bonchev–Trinajstić information content (AvgIpc) is 2.34. The van der Waals surface area contributed by atoms with Gasteiger partial charge < -0.3 is 10.6 Å². The summed E-state index contributed by atoms with van der Waals surface area (Å²) >= 11 is 9.63. The molecule has 106 valence electrons. The number of rotatable bonds is 3. The van der Waals surface area contributed by atoms with Crippen molar-refractivity contribution < 1.29 is 0 Å². The van der Waals surface area contributed by atoms with E-state index in [1.54, 1.807) is 0 Å². The van der Waals surface area contributed by atoms with Gasteiger partial charge in [0.2, 0.25) is 0 Å². The Balaban J connectivity index is 2.24. The lowest BCUT2D eigenvalue weighted by atomic mass is 10.0. The Morgan fingerprint density at radius 1 is 1.47 bits per heavy atom. The Kier molecular flexibility index (Phi) is 5.26. The molecular formula is C14H21BrClN3. The normalized spacial score (nSPS) is 23.5. The highest BCUT2D eigenvalue weighted by Gasteiger charge is 2.29. The highest BCUT2D eigenvalue weighted by Crippen LogP contribution is 2.31. The number of likely N-dealkylation sites (N-methyl/N-ethyl adjacent to an activating group) is 1. The number of nitrogens with zero attached hydrogens (tertiary/aromatic N) is 2. The van der Waals surface area contributed by atoms with Crippen LogP contribution in [-0.4, -0.2) is 49.1 Å². The van der Waals surface area contributed by atoms with Crippen LogP contribution in [0.2, 0.25) is 5.02 Å². The largest absolute Gasteiger partial charge is 0.329 e. The van der Waals surface area contributed by atoms with Gasteiger partial charge in [-0.1, -0.05) is 33.6 Å². The molecule has 0 radical (unpaired) electrons. The summed E-state index contributed by atoms with van der Waals surface area (Å²) in [7, 11) is 2.17. The molecule has 0 aromatic heterocycles. The molecule has 1 saturated heterocycles. The van der Waals surface area contributed by atoms with Gasteiger partial charge in [0.15, 0.2) is 0 Å². The summed E-state index contributed by atoms with van der Waals surface area (Å²) in [5.74, 6) is 0. The minimum Gasteiger partial charge on any atom is -0.329 e. The molecule has 5 heteroatoms. The van der Waals surface area contributed by atoms with Crippen molar-refractivity contribution >= 4 is 27.5 Å². The van der Waals surface area contributed by atoms with Gasteiger partial charge >= 0.3 is 0 Å². The molecule has 2 atom stereocenters. The van der Waals surface area contributed by atoms with Crippen molar-refractivity contribution in [1.82, 2.24) is 9.80 Å². The third kappa shape index (κ3) is 3.50. The zero-order valence-electron chi connectivity index (χ0n) is 11.4. The van der Waals surface area contributed by atoms with Crippen molar-refractivity contribution in [3.63, 3.8) is 0 Å². The first-order valence-corrected chi connectivity index (χ1v) is 7.79. The molecule has 2 unspecified atom stereocenters. The van der Waals surface area contributed by atoms with Crippen molar-refractivity contribution in [3.05, 3.63) is 33.3 Å². The van der Waals surface area contributed by atoms with Gasteiger partial charge in [-0.05, 0) is 31.7 Å². The second-order valence-electron chi connectivity index (χ2n) is 5.27. The van der Waals surface area contributed by atoms with Crippen LogP contribution in [0.4, 0.5) is 0 Å². The summed E-state index contributed by atoms with van der Waals surface area (Å²) in [6, 6.07) is 6.71. The Morgan fingerprint density at radius 2 is 2.21 bits per heavy atom. The predicted molar refractivity (Wildman–Crippen MR) is 84.6 cm³/mol. The Hall–Kier alpha value is -0.130. The first kappa shape index (κ1) is 15.3. The third-order valence-corrected chi connectivity index (χ3v) is 4.75. The minimum atomic E-state index is 0.246. The van der Waals surface area contributed by atoms with E-state index in [0.29, 0.717) is 12.6 Å². The molecule has 0 bridgehead atoms. The molecule has 1 fully saturated rings. The van der Waals surface area contributed by atoms with Crippen LogP contribution in [0.1, 0.15) is 18.5 Å². The van der Waals surface area contributed by atoms with E-state index in [9.17, 15) is 0 Å². The molecule has 1 aliphatic heterocycles. The zero-order valence-corrected chi connectivity index (χ0v) is 13.8. The maximum atomic E-state index is 6.03. The summed E-state index contributed by atoms with van der Waals surface area (Å²) in [6.45, 7) is 6.11. The van der Waals surface area contributed by atoms with Gasteiger partial charge in [-0.2, -0.15) is 0 Å². The van der Waals surface area contributed by atoms with E-state index in [0.717, 1.165) is 29.1 Å². The van der Waals surface area contributed by atoms with E-state index < -0.39 is 0 Å².